The van der Waals surface area contributed by atoms with Crippen molar-refractivity contribution < 1.29 is 19.4 Å². The predicted molar refractivity (Wildman–Crippen MR) is 71.2 cm³/mol. The van der Waals surface area contributed by atoms with Crippen LogP contribution in [0.2, 0.25) is 0 Å². The molecule has 0 saturated carbocycles. The average molecular weight is 265 g/mol. The lowest BCUT2D eigenvalue weighted by Crippen LogP contribution is -2.37. The van der Waals surface area contributed by atoms with Crippen LogP contribution in [-0.4, -0.2) is 29.6 Å². The second kappa shape index (κ2) is 7.41. The van der Waals surface area contributed by atoms with E-state index in [4.69, 9.17) is 9.84 Å². The molecule has 0 heterocycles. The summed E-state index contributed by atoms with van der Waals surface area (Å²) in [6.07, 6.45) is 0.727. The highest BCUT2D eigenvalue weighted by Crippen LogP contribution is 2.17. The third-order valence-electron chi connectivity index (χ3n) is 2.60. The Kier molecular flexibility index (Phi) is 5.85. The van der Waals surface area contributed by atoms with Gasteiger partial charge in [-0.15, -0.1) is 0 Å². The zero-order valence-electron chi connectivity index (χ0n) is 11.2. The molecular formula is C14H19NO4. The topological polar surface area (TPSA) is 75.6 Å². The van der Waals surface area contributed by atoms with E-state index in [2.05, 4.69) is 5.32 Å². The molecule has 0 saturated heterocycles. The molecule has 19 heavy (non-hydrogen) atoms. The van der Waals surface area contributed by atoms with Crippen molar-refractivity contribution in [2.45, 2.75) is 32.7 Å². The first kappa shape index (κ1) is 15.0. The second-order valence-electron chi connectivity index (χ2n) is 4.32. The lowest BCUT2D eigenvalue weighted by atomic mass is 10.1. The van der Waals surface area contributed by atoms with Crippen molar-refractivity contribution in [3.8, 4) is 5.75 Å². The Hall–Kier alpha value is -2.04. The van der Waals surface area contributed by atoms with Crippen LogP contribution in [0.1, 0.15) is 25.8 Å². The van der Waals surface area contributed by atoms with Gasteiger partial charge in [-0.05, 0) is 25.0 Å². The first-order chi connectivity index (χ1) is 9.02. The van der Waals surface area contributed by atoms with Gasteiger partial charge in [0.1, 0.15) is 5.75 Å². The molecule has 0 radical (unpaired) electrons. The molecule has 1 unspecified atom stereocenters. The number of amides is 1. The Labute approximate surface area is 112 Å². The van der Waals surface area contributed by atoms with E-state index >= 15 is 0 Å². The standard InChI is InChI=1S/C14H19NO4/c1-3-11-6-4-5-7-12(11)19-9-13(16)15-10(2)8-14(17)18/h4-7,10H,3,8-9H2,1-2H3,(H,15,16)(H,17,18). The van der Waals surface area contributed by atoms with E-state index in [1.807, 2.05) is 31.2 Å². The van der Waals surface area contributed by atoms with Crippen LogP contribution in [0.5, 0.6) is 5.75 Å². The van der Waals surface area contributed by atoms with Crippen LogP contribution < -0.4 is 10.1 Å². The summed E-state index contributed by atoms with van der Waals surface area (Å²) in [7, 11) is 0. The van der Waals surface area contributed by atoms with E-state index < -0.39 is 12.0 Å². The Bertz CT molecular complexity index is 445. The van der Waals surface area contributed by atoms with Gasteiger partial charge in [0, 0.05) is 6.04 Å². The van der Waals surface area contributed by atoms with Crippen LogP contribution >= 0.6 is 0 Å². The molecule has 0 bridgehead atoms. The van der Waals surface area contributed by atoms with E-state index in [9.17, 15) is 9.59 Å². The number of carboxylic acids is 1. The molecule has 0 fully saturated rings. The van der Waals surface area contributed by atoms with Crippen molar-refractivity contribution in [1.29, 1.82) is 0 Å². The molecule has 1 aromatic rings. The molecule has 1 atom stereocenters. The maximum absolute atomic E-state index is 11.6. The first-order valence-electron chi connectivity index (χ1n) is 6.24. The van der Waals surface area contributed by atoms with Crippen molar-refractivity contribution in [2.24, 2.45) is 0 Å². The number of ether oxygens (including phenoxy) is 1. The number of rotatable bonds is 7. The van der Waals surface area contributed by atoms with E-state index in [0.29, 0.717) is 5.75 Å². The summed E-state index contributed by atoms with van der Waals surface area (Å²) in [5, 5.41) is 11.2. The molecule has 0 aliphatic heterocycles. The largest absolute Gasteiger partial charge is 0.483 e. The van der Waals surface area contributed by atoms with Crippen LogP contribution in [0, 0.1) is 0 Å². The highest BCUT2D eigenvalue weighted by atomic mass is 16.5. The van der Waals surface area contributed by atoms with Gasteiger partial charge >= 0.3 is 5.97 Å². The minimum atomic E-state index is -0.940. The highest BCUT2D eigenvalue weighted by molar-refractivity contribution is 5.78. The number of aryl methyl sites for hydroxylation is 1. The van der Waals surface area contributed by atoms with Gasteiger partial charge in [0.2, 0.25) is 0 Å². The molecule has 0 spiro atoms. The van der Waals surface area contributed by atoms with E-state index in [1.165, 1.54) is 0 Å². The maximum Gasteiger partial charge on any atom is 0.305 e. The van der Waals surface area contributed by atoms with E-state index in [1.54, 1.807) is 6.92 Å². The zero-order valence-corrected chi connectivity index (χ0v) is 11.2. The Morgan fingerprint density at radius 1 is 1.37 bits per heavy atom. The van der Waals surface area contributed by atoms with Crippen molar-refractivity contribution >= 4 is 11.9 Å². The summed E-state index contributed by atoms with van der Waals surface area (Å²) in [5.41, 5.74) is 1.04. The summed E-state index contributed by atoms with van der Waals surface area (Å²) in [5.74, 6) is -0.573. The van der Waals surface area contributed by atoms with Crippen LogP contribution in [0.4, 0.5) is 0 Å². The van der Waals surface area contributed by atoms with Crippen molar-refractivity contribution in [2.75, 3.05) is 6.61 Å². The van der Waals surface area contributed by atoms with Crippen molar-refractivity contribution in [1.82, 2.24) is 5.32 Å². The molecule has 1 rings (SSSR count). The molecule has 1 amide bonds. The van der Waals surface area contributed by atoms with Crippen LogP contribution in [0.15, 0.2) is 24.3 Å². The molecule has 2 N–H and O–H groups in total. The van der Waals surface area contributed by atoms with Gasteiger partial charge in [-0.2, -0.15) is 0 Å². The number of carboxylic acid groups (broad SMARTS) is 1. The molecule has 0 aromatic heterocycles. The predicted octanol–water partition coefficient (Wildman–Crippen LogP) is 1.61. The third-order valence-corrected chi connectivity index (χ3v) is 2.60. The Morgan fingerprint density at radius 3 is 2.68 bits per heavy atom. The van der Waals surface area contributed by atoms with Gasteiger partial charge in [-0.3, -0.25) is 9.59 Å². The van der Waals surface area contributed by atoms with Crippen LogP contribution in [-0.2, 0) is 16.0 Å². The summed E-state index contributed by atoms with van der Waals surface area (Å²) >= 11 is 0. The van der Waals surface area contributed by atoms with Gasteiger partial charge < -0.3 is 15.2 Å². The highest BCUT2D eigenvalue weighted by Gasteiger charge is 2.11. The van der Waals surface area contributed by atoms with Crippen molar-refractivity contribution in [3.63, 3.8) is 0 Å². The van der Waals surface area contributed by atoms with Crippen LogP contribution in [0.3, 0.4) is 0 Å². The molecule has 5 heteroatoms. The maximum atomic E-state index is 11.6. The second-order valence-corrected chi connectivity index (χ2v) is 4.32. The van der Waals surface area contributed by atoms with Gasteiger partial charge in [0.15, 0.2) is 6.61 Å². The van der Waals surface area contributed by atoms with Gasteiger partial charge in [0.05, 0.1) is 6.42 Å². The minimum Gasteiger partial charge on any atom is -0.483 e. The first-order valence-corrected chi connectivity index (χ1v) is 6.24. The molecule has 104 valence electrons. The number of carbonyl (C=O) groups excluding carboxylic acids is 1. The number of para-hydroxylation sites is 1. The fourth-order valence-corrected chi connectivity index (χ4v) is 1.71. The zero-order chi connectivity index (χ0) is 14.3. The van der Waals surface area contributed by atoms with E-state index in [0.717, 1.165) is 12.0 Å². The Balaban J connectivity index is 2.43. The Morgan fingerprint density at radius 2 is 2.05 bits per heavy atom. The quantitative estimate of drug-likeness (QED) is 0.785. The number of nitrogens with one attached hydrogen (secondary N) is 1. The minimum absolute atomic E-state index is 0.0999. The smallest absolute Gasteiger partial charge is 0.305 e. The number of benzene rings is 1. The molecule has 1 aromatic carbocycles. The van der Waals surface area contributed by atoms with Crippen LogP contribution in [0.25, 0.3) is 0 Å². The number of carbonyl (C=O) groups is 2. The number of aliphatic carboxylic acids is 1. The monoisotopic (exact) mass is 265 g/mol. The molecule has 0 aliphatic carbocycles. The fraction of sp³-hybridized carbons (Fsp3) is 0.429. The van der Waals surface area contributed by atoms with Gasteiger partial charge in [0.25, 0.3) is 5.91 Å². The molecule has 0 aliphatic rings. The number of hydrogen-bond donors (Lipinski definition) is 2. The SMILES string of the molecule is CCc1ccccc1OCC(=O)NC(C)CC(=O)O. The van der Waals surface area contributed by atoms with Crippen molar-refractivity contribution in [3.05, 3.63) is 29.8 Å². The molecule has 5 nitrogen and oxygen atoms in total. The number of hydrogen-bond acceptors (Lipinski definition) is 3. The fourth-order valence-electron chi connectivity index (χ4n) is 1.71. The summed E-state index contributed by atoms with van der Waals surface area (Å²) in [4.78, 5) is 22.1. The normalized spacial score (nSPS) is 11.7. The summed E-state index contributed by atoms with van der Waals surface area (Å²) in [6, 6.07) is 7.11. The summed E-state index contributed by atoms with van der Waals surface area (Å²) in [6.45, 7) is 3.55. The summed E-state index contributed by atoms with van der Waals surface area (Å²) < 4.78 is 5.44. The average Bonchev–Trinajstić information content (AvgIpc) is 2.35. The van der Waals surface area contributed by atoms with E-state index in [-0.39, 0.29) is 18.9 Å². The van der Waals surface area contributed by atoms with Gasteiger partial charge in [-0.25, -0.2) is 0 Å². The lowest BCUT2D eigenvalue weighted by molar-refractivity contribution is -0.137. The molecular weight excluding hydrogens is 246 g/mol. The third kappa shape index (κ3) is 5.42. The lowest BCUT2D eigenvalue weighted by Gasteiger charge is -2.13. The van der Waals surface area contributed by atoms with Gasteiger partial charge in [-0.1, -0.05) is 25.1 Å².